The second kappa shape index (κ2) is 7.65. The molecule has 0 spiro atoms. The maximum Gasteiger partial charge on any atom is 0.333 e. The number of aryl methyl sites for hydroxylation is 1. The fourth-order valence-electron chi connectivity index (χ4n) is 3.32. The number of urea groups is 1. The predicted octanol–water partition coefficient (Wildman–Crippen LogP) is 2.48. The Kier molecular flexibility index (Phi) is 4.88. The second-order valence-electron chi connectivity index (χ2n) is 6.70. The molecular weight excluding hydrogens is 368 g/mol. The SMILES string of the molecule is Cn1c(=O)c(C2=C[C@@H](C=Cc3ccccc3)NNC(=O)N2)c(O)c2ccccc21. The van der Waals surface area contributed by atoms with Gasteiger partial charge in [-0.3, -0.25) is 10.2 Å². The van der Waals surface area contributed by atoms with Gasteiger partial charge in [0, 0.05) is 12.4 Å². The van der Waals surface area contributed by atoms with E-state index in [-0.39, 0.29) is 17.0 Å². The number of fused-ring (bicyclic) bond motifs is 1. The van der Waals surface area contributed by atoms with Crippen LogP contribution in [0.1, 0.15) is 11.1 Å². The van der Waals surface area contributed by atoms with Crippen LogP contribution in [0.3, 0.4) is 0 Å². The second-order valence-corrected chi connectivity index (χ2v) is 6.70. The lowest BCUT2D eigenvalue weighted by Crippen LogP contribution is -2.44. The Balaban J connectivity index is 1.81. The Hall–Kier alpha value is -3.84. The molecule has 7 nitrogen and oxygen atoms in total. The monoisotopic (exact) mass is 388 g/mol. The number of benzene rings is 2. The Morgan fingerprint density at radius 3 is 2.55 bits per heavy atom. The van der Waals surface area contributed by atoms with Gasteiger partial charge >= 0.3 is 6.03 Å². The molecule has 2 heterocycles. The molecular formula is C22H20N4O3. The molecule has 2 aromatic carbocycles. The molecule has 7 heteroatoms. The summed E-state index contributed by atoms with van der Waals surface area (Å²) in [6.07, 6.45) is 5.44. The number of nitrogens with one attached hydrogen (secondary N) is 3. The molecule has 1 aliphatic rings. The lowest BCUT2D eigenvalue weighted by atomic mass is 10.1. The molecule has 1 atom stereocenters. The molecule has 0 fully saturated rings. The number of aromatic nitrogens is 1. The van der Waals surface area contributed by atoms with Crippen molar-refractivity contribution in [3.63, 3.8) is 0 Å². The highest BCUT2D eigenvalue weighted by atomic mass is 16.3. The Labute approximate surface area is 167 Å². The molecule has 0 saturated heterocycles. The first-order chi connectivity index (χ1) is 14.0. The number of rotatable bonds is 3. The van der Waals surface area contributed by atoms with Gasteiger partial charge in [0.1, 0.15) is 11.3 Å². The van der Waals surface area contributed by atoms with Crippen LogP contribution in [0.5, 0.6) is 5.75 Å². The van der Waals surface area contributed by atoms with Gasteiger partial charge in [-0.05, 0) is 23.8 Å². The number of hydrazine groups is 1. The van der Waals surface area contributed by atoms with Crippen LogP contribution in [0.2, 0.25) is 0 Å². The molecule has 0 bridgehead atoms. The Morgan fingerprint density at radius 2 is 1.76 bits per heavy atom. The van der Waals surface area contributed by atoms with Gasteiger partial charge in [-0.1, -0.05) is 54.6 Å². The fourth-order valence-corrected chi connectivity index (χ4v) is 3.32. The molecule has 1 aliphatic heterocycles. The summed E-state index contributed by atoms with van der Waals surface area (Å²) in [7, 11) is 1.63. The van der Waals surface area contributed by atoms with E-state index in [0.717, 1.165) is 5.56 Å². The Bertz CT molecular complexity index is 1200. The minimum Gasteiger partial charge on any atom is -0.506 e. The largest absolute Gasteiger partial charge is 0.506 e. The maximum atomic E-state index is 13.0. The summed E-state index contributed by atoms with van der Waals surface area (Å²) in [4.78, 5) is 25.1. The average Bonchev–Trinajstić information content (AvgIpc) is 2.93. The number of carbonyl (C=O) groups excluding carboxylic acids is 1. The first kappa shape index (κ1) is 18.5. The van der Waals surface area contributed by atoms with Crippen LogP contribution in [0.25, 0.3) is 22.7 Å². The standard InChI is InChI=1S/C22H20N4O3/c1-26-18-10-6-5-9-16(18)20(27)19(21(26)28)17-13-15(24-25-22(29)23-17)12-11-14-7-3-2-4-8-14/h2-13,15,24,27H,1H3,(H2,23,25,29)/t15-/m1/s1. The molecule has 4 N–H and O–H groups in total. The van der Waals surface area contributed by atoms with Crippen molar-refractivity contribution < 1.29 is 9.90 Å². The number of nitrogens with zero attached hydrogens (tertiary/aromatic N) is 1. The van der Waals surface area contributed by atoms with Crippen molar-refractivity contribution in [2.45, 2.75) is 6.04 Å². The van der Waals surface area contributed by atoms with E-state index in [9.17, 15) is 14.7 Å². The third-order valence-electron chi connectivity index (χ3n) is 4.79. The zero-order valence-corrected chi connectivity index (χ0v) is 15.7. The number of aromatic hydroxyl groups is 1. The molecule has 29 heavy (non-hydrogen) atoms. The zero-order chi connectivity index (χ0) is 20.4. The summed E-state index contributed by atoms with van der Waals surface area (Å²) >= 11 is 0. The normalized spacial score (nSPS) is 16.9. The van der Waals surface area contributed by atoms with Crippen molar-refractivity contribution in [3.8, 4) is 5.75 Å². The van der Waals surface area contributed by atoms with E-state index in [4.69, 9.17) is 0 Å². The van der Waals surface area contributed by atoms with Crippen LogP contribution in [-0.4, -0.2) is 21.7 Å². The van der Waals surface area contributed by atoms with E-state index in [2.05, 4.69) is 16.2 Å². The van der Waals surface area contributed by atoms with Gasteiger partial charge in [0.15, 0.2) is 0 Å². The van der Waals surface area contributed by atoms with Crippen LogP contribution >= 0.6 is 0 Å². The van der Waals surface area contributed by atoms with Crippen molar-refractivity contribution in [2.24, 2.45) is 7.05 Å². The Morgan fingerprint density at radius 1 is 1.03 bits per heavy atom. The molecule has 0 unspecified atom stereocenters. The number of carbonyl (C=O) groups is 1. The van der Waals surface area contributed by atoms with Gasteiger partial charge in [-0.25, -0.2) is 10.2 Å². The quantitative estimate of drug-likeness (QED) is 0.554. The third-order valence-corrected chi connectivity index (χ3v) is 4.79. The van der Waals surface area contributed by atoms with Crippen LogP contribution in [0.4, 0.5) is 4.79 Å². The summed E-state index contributed by atoms with van der Waals surface area (Å²) in [6, 6.07) is 15.9. The summed E-state index contributed by atoms with van der Waals surface area (Å²) in [5.74, 6) is -0.164. The highest BCUT2D eigenvalue weighted by Gasteiger charge is 2.22. The molecule has 1 aromatic heterocycles. The van der Waals surface area contributed by atoms with Gasteiger partial charge in [0.25, 0.3) is 5.56 Å². The summed E-state index contributed by atoms with van der Waals surface area (Å²) in [5, 5.41) is 14.0. The van der Waals surface area contributed by atoms with Crippen LogP contribution in [-0.2, 0) is 7.05 Å². The molecule has 0 saturated carbocycles. The highest BCUT2D eigenvalue weighted by Crippen LogP contribution is 2.29. The van der Waals surface area contributed by atoms with Crippen molar-refractivity contribution in [2.75, 3.05) is 0 Å². The van der Waals surface area contributed by atoms with Gasteiger partial charge < -0.3 is 15.0 Å². The van der Waals surface area contributed by atoms with Crippen molar-refractivity contribution >= 4 is 28.7 Å². The fraction of sp³-hybridized carbons (Fsp3) is 0.0909. The summed E-state index contributed by atoms with van der Waals surface area (Å²) < 4.78 is 1.46. The number of para-hydroxylation sites is 1. The summed E-state index contributed by atoms with van der Waals surface area (Å²) in [5.41, 5.74) is 6.89. The van der Waals surface area contributed by atoms with Gasteiger partial charge in [-0.15, -0.1) is 0 Å². The van der Waals surface area contributed by atoms with Gasteiger partial charge in [0.2, 0.25) is 0 Å². The number of hydrogen-bond donors (Lipinski definition) is 4. The van der Waals surface area contributed by atoms with Gasteiger partial charge in [-0.2, -0.15) is 0 Å². The minimum atomic E-state index is -0.526. The first-order valence-electron chi connectivity index (χ1n) is 9.13. The average molecular weight is 388 g/mol. The molecule has 4 rings (SSSR count). The number of amides is 2. The van der Waals surface area contributed by atoms with E-state index in [0.29, 0.717) is 10.9 Å². The minimum absolute atomic E-state index is 0.0446. The van der Waals surface area contributed by atoms with E-state index >= 15 is 0 Å². The summed E-state index contributed by atoms with van der Waals surface area (Å²) in [6.45, 7) is 0. The van der Waals surface area contributed by atoms with E-state index in [1.165, 1.54) is 4.57 Å². The molecule has 0 aliphatic carbocycles. The lowest BCUT2D eigenvalue weighted by Gasteiger charge is -2.14. The van der Waals surface area contributed by atoms with E-state index in [1.54, 1.807) is 37.4 Å². The maximum absolute atomic E-state index is 13.0. The van der Waals surface area contributed by atoms with E-state index < -0.39 is 17.6 Å². The smallest absolute Gasteiger partial charge is 0.333 e. The molecule has 146 valence electrons. The topological polar surface area (TPSA) is 95.4 Å². The van der Waals surface area contributed by atoms with E-state index in [1.807, 2.05) is 42.5 Å². The van der Waals surface area contributed by atoms with Crippen molar-refractivity contribution in [1.82, 2.24) is 20.7 Å². The zero-order valence-electron chi connectivity index (χ0n) is 15.7. The highest BCUT2D eigenvalue weighted by molar-refractivity contribution is 5.94. The molecule has 2 amide bonds. The third kappa shape index (κ3) is 3.63. The van der Waals surface area contributed by atoms with Crippen molar-refractivity contribution in [3.05, 3.63) is 88.2 Å². The van der Waals surface area contributed by atoms with Crippen LogP contribution < -0.4 is 21.7 Å². The molecule has 3 aromatic rings. The van der Waals surface area contributed by atoms with Crippen LogP contribution in [0.15, 0.2) is 71.5 Å². The van der Waals surface area contributed by atoms with Crippen LogP contribution in [0, 0.1) is 0 Å². The predicted molar refractivity (Wildman–Crippen MR) is 113 cm³/mol. The number of hydrogen-bond acceptors (Lipinski definition) is 4. The molecule has 0 radical (unpaired) electrons. The number of pyridine rings is 1. The lowest BCUT2D eigenvalue weighted by molar-refractivity contribution is 0.241. The first-order valence-corrected chi connectivity index (χ1v) is 9.13. The van der Waals surface area contributed by atoms with Gasteiger partial charge in [0.05, 0.1) is 17.3 Å². The van der Waals surface area contributed by atoms with Crippen molar-refractivity contribution in [1.29, 1.82) is 0 Å².